The van der Waals surface area contributed by atoms with Gasteiger partial charge in [0.25, 0.3) is 0 Å². The van der Waals surface area contributed by atoms with Crippen molar-refractivity contribution in [2.45, 2.75) is 32.9 Å². The minimum Gasteiger partial charge on any atom is -0.481 e. The third-order valence-corrected chi connectivity index (χ3v) is 4.66. The number of anilines is 1. The SMILES string of the molecule is CCNC(=NCc1cccc(OC)n1)NC1CCN(c2ccc(C)cc2)C1. The summed E-state index contributed by atoms with van der Waals surface area (Å²) in [5, 5.41) is 6.90. The van der Waals surface area contributed by atoms with Gasteiger partial charge in [0.2, 0.25) is 5.88 Å². The van der Waals surface area contributed by atoms with Gasteiger partial charge >= 0.3 is 0 Å². The molecule has 1 aromatic carbocycles. The quantitative estimate of drug-likeness (QED) is 0.607. The molecule has 144 valence electrons. The molecular formula is C21H29N5O. The van der Waals surface area contributed by atoms with Gasteiger partial charge in [-0.3, -0.25) is 0 Å². The van der Waals surface area contributed by atoms with Crippen LogP contribution in [0.4, 0.5) is 5.69 Å². The Kier molecular flexibility index (Phi) is 6.52. The van der Waals surface area contributed by atoms with Gasteiger partial charge in [0.15, 0.2) is 5.96 Å². The number of hydrogen-bond donors (Lipinski definition) is 2. The van der Waals surface area contributed by atoms with Gasteiger partial charge in [0, 0.05) is 37.4 Å². The van der Waals surface area contributed by atoms with Crippen molar-refractivity contribution in [3.63, 3.8) is 0 Å². The van der Waals surface area contributed by atoms with Crippen LogP contribution in [0, 0.1) is 6.92 Å². The lowest BCUT2D eigenvalue weighted by molar-refractivity contribution is 0.396. The first-order valence-corrected chi connectivity index (χ1v) is 9.54. The normalized spacial score (nSPS) is 17.1. The molecule has 27 heavy (non-hydrogen) atoms. The summed E-state index contributed by atoms with van der Waals surface area (Å²) in [7, 11) is 1.63. The third-order valence-electron chi connectivity index (χ3n) is 4.66. The molecule has 0 spiro atoms. The summed E-state index contributed by atoms with van der Waals surface area (Å²) < 4.78 is 5.18. The molecule has 2 aromatic rings. The largest absolute Gasteiger partial charge is 0.481 e. The molecule has 1 unspecified atom stereocenters. The number of benzene rings is 1. The van der Waals surface area contributed by atoms with E-state index in [0.717, 1.165) is 37.7 Å². The lowest BCUT2D eigenvalue weighted by Gasteiger charge is -2.20. The van der Waals surface area contributed by atoms with Crippen LogP contribution in [0.25, 0.3) is 0 Å². The Hall–Kier alpha value is -2.76. The highest BCUT2D eigenvalue weighted by Gasteiger charge is 2.23. The molecule has 0 bridgehead atoms. The second-order valence-electron chi connectivity index (χ2n) is 6.78. The molecule has 0 aliphatic carbocycles. The van der Waals surface area contributed by atoms with E-state index in [1.165, 1.54) is 11.3 Å². The van der Waals surface area contributed by atoms with Crippen LogP contribution >= 0.6 is 0 Å². The predicted octanol–water partition coefficient (Wildman–Crippen LogP) is 2.73. The summed E-state index contributed by atoms with van der Waals surface area (Å²) in [4.78, 5) is 11.5. The maximum absolute atomic E-state index is 5.18. The molecule has 1 fully saturated rings. The molecule has 6 heteroatoms. The van der Waals surface area contributed by atoms with Gasteiger partial charge in [0.05, 0.1) is 19.3 Å². The molecule has 2 heterocycles. The molecule has 0 saturated carbocycles. The third kappa shape index (κ3) is 5.36. The molecule has 1 atom stereocenters. The van der Waals surface area contributed by atoms with Gasteiger partial charge in [0.1, 0.15) is 0 Å². The first kappa shape index (κ1) is 19.0. The van der Waals surface area contributed by atoms with Gasteiger partial charge in [-0.25, -0.2) is 9.98 Å². The number of ether oxygens (including phenoxy) is 1. The maximum Gasteiger partial charge on any atom is 0.213 e. The van der Waals surface area contributed by atoms with E-state index in [-0.39, 0.29) is 0 Å². The highest BCUT2D eigenvalue weighted by atomic mass is 16.5. The van der Waals surface area contributed by atoms with Crippen molar-refractivity contribution < 1.29 is 4.74 Å². The predicted molar refractivity (Wildman–Crippen MR) is 111 cm³/mol. The number of pyridine rings is 1. The molecule has 3 rings (SSSR count). The van der Waals surface area contributed by atoms with E-state index >= 15 is 0 Å². The van der Waals surface area contributed by atoms with Crippen molar-refractivity contribution in [2.75, 3.05) is 31.6 Å². The summed E-state index contributed by atoms with van der Waals surface area (Å²) >= 11 is 0. The summed E-state index contributed by atoms with van der Waals surface area (Å²) in [5.41, 5.74) is 3.46. The van der Waals surface area contributed by atoms with Crippen molar-refractivity contribution in [2.24, 2.45) is 4.99 Å². The fourth-order valence-corrected chi connectivity index (χ4v) is 3.20. The second kappa shape index (κ2) is 9.26. The van der Waals surface area contributed by atoms with Crippen molar-refractivity contribution in [1.82, 2.24) is 15.6 Å². The number of aryl methyl sites for hydroxylation is 1. The van der Waals surface area contributed by atoms with Crippen molar-refractivity contribution in [3.05, 3.63) is 53.7 Å². The number of nitrogens with zero attached hydrogens (tertiary/aromatic N) is 3. The van der Waals surface area contributed by atoms with E-state index in [1.807, 2.05) is 18.2 Å². The Balaban J connectivity index is 1.59. The first-order chi connectivity index (χ1) is 13.2. The van der Waals surface area contributed by atoms with Crippen molar-refractivity contribution in [1.29, 1.82) is 0 Å². The summed E-state index contributed by atoms with van der Waals surface area (Å²) in [6.45, 7) is 7.57. The molecule has 1 aliphatic heterocycles. The van der Waals surface area contributed by atoms with Crippen molar-refractivity contribution >= 4 is 11.6 Å². The Bertz CT molecular complexity index is 759. The van der Waals surface area contributed by atoms with E-state index < -0.39 is 0 Å². The fourth-order valence-electron chi connectivity index (χ4n) is 3.20. The maximum atomic E-state index is 5.18. The molecule has 0 amide bonds. The van der Waals surface area contributed by atoms with Crippen LogP contribution in [0.1, 0.15) is 24.6 Å². The number of guanidine groups is 1. The monoisotopic (exact) mass is 367 g/mol. The van der Waals surface area contributed by atoms with Gasteiger partial charge < -0.3 is 20.3 Å². The van der Waals surface area contributed by atoms with Crippen molar-refractivity contribution in [3.8, 4) is 5.88 Å². The topological polar surface area (TPSA) is 61.8 Å². The minimum atomic E-state index is 0.377. The standard InChI is InChI=1S/C21H29N5O/c1-4-22-21(23-14-17-6-5-7-20(24-17)27-3)25-18-12-13-26(15-18)19-10-8-16(2)9-11-19/h5-11,18H,4,12-15H2,1-3H3,(H2,22,23,25). The minimum absolute atomic E-state index is 0.377. The van der Waals surface area contributed by atoms with Crippen LogP contribution in [-0.4, -0.2) is 43.7 Å². The Morgan fingerprint density at radius 3 is 2.81 bits per heavy atom. The molecule has 2 N–H and O–H groups in total. The van der Waals surface area contributed by atoms with Crippen LogP contribution in [0.3, 0.4) is 0 Å². The van der Waals surface area contributed by atoms with Crippen LogP contribution in [0.15, 0.2) is 47.5 Å². The lowest BCUT2D eigenvalue weighted by Crippen LogP contribution is -2.44. The molecule has 1 saturated heterocycles. The zero-order valence-electron chi connectivity index (χ0n) is 16.4. The summed E-state index contributed by atoms with van der Waals surface area (Å²) in [5.74, 6) is 1.45. The van der Waals surface area contributed by atoms with Crippen LogP contribution in [0.5, 0.6) is 5.88 Å². The second-order valence-corrected chi connectivity index (χ2v) is 6.78. The average molecular weight is 367 g/mol. The van der Waals surface area contributed by atoms with Crippen LogP contribution < -0.4 is 20.3 Å². The highest BCUT2D eigenvalue weighted by Crippen LogP contribution is 2.20. The molecule has 1 aromatic heterocycles. The van der Waals surface area contributed by atoms with E-state index in [4.69, 9.17) is 4.74 Å². The molecule has 1 aliphatic rings. The highest BCUT2D eigenvalue weighted by molar-refractivity contribution is 5.80. The Labute approximate surface area is 161 Å². The smallest absolute Gasteiger partial charge is 0.213 e. The molecule has 6 nitrogen and oxygen atoms in total. The van der Waals surface area contributed by atoms with E-state index in [1.54, 1.807) is 7.11 Å². The zero-order chi connectivity index (χ0) is 19.1. The zero-order valence-corrected chi connectivity index (χ0v) is 16.4. The van der Waals surface area contributed by atoms with Gasteiger partial charge in [-0.05, 0) is 38.5 Å². The number of hydrogen-bond acceptors (Lipinski definition) is 4. The van der Waals surface area contributed by atoms with E-state index in [0.29, 0.717) is 18.5 Å². The summed E-state index contributed by atoms with van der Waals surface area (Å²) in [6.07, 6.45) is 1.09. The number of aliphatic imine (C=N–C) groups is 1. The number of rotatable bonds is 6. The summed E-state index contributed by atoms with van der Waals surface area (Å²) in [6, 6.07) is 14.9. The fraction of sp³-hybridized carbons (Fsp3) is 0.429. The van der Waals surface area contributed by atoms with Crippen LogP contribution in [0.2, 0.25) is 0 Å². The van der Waals surface area contributed by atoms with Gasteiger partial charge in [-0.2, -0.15) is 0 Å². The van der Waals surface area contributed by atoms with Gasteiger partial charge in [-0.1, -0.05) is 23.8 Å². The van der Waals surface area contributed by atoms with E-state index in [9.17, 15) is 0 Å². The molecular weight excluding hydrogens is 338 g/mol. The van der Waals surface area contributed by atoms with E-state index in [2.05, 4.69) is 63.6 Å². The first-order valence-electron chi connectivity index (χ1n) is 9.54. The van der Waals surface area contributed by atoms with Gasteiger partial charge in [-0.15, -0.1) is 0 Å². The molecule has 0 radical (unpaired) electrons. The lowest BCUT2D eigenvalue weighted by atomic mass is 10.2. The van der Waals surface area contributed by atoms with Crippen LogP contribution in [-0.2, 0) is 6.54 Å². The number of aromatic nitrogens is 1. The Morgan fingerprint density at radius 2 is 2.07 bits per heavy atom. The Morgan fingerprint density at radius 1 is 1.26 bits per heavy atom. The number of methoxy groups -OCH3 is 1. The number of nitrogens with one attached hydrogen (secondary N) is 2. The average Bonchev–Trinajstić information content (AvgIpc) is 3.15.